The molecule has 2 aromatic rings. The van der Waals surface area contributed by atoms with Gasteiger partial charge >= 0.3 is 0 Å². The first-order valence-corrected chi connectivity index (χ1v) is 5.13. The van der Waals surface area contributed by atoms with Gasteiger partial charge in [-0.15, -0.1) is 0 Å². The molecule has 16 heavy (non-hydrogen) atoms. The molecule has 1 aromatic heterocycles. The summed E-state index contributed by atoms with van der Waals surface area (Å²) in [6.07, 6.45) is 0. The Morgan fingerprint density at radius 1 is 1.38 bits per heavy atom. The number of nitrogens with zero attached hydrogens (tertiary/aromatic N) is 1. The van der Waals surface area contributed by atoms with Crippen LogP contribution in [-0.2, 0) is 6.61 Å². The van der Waals surface area contributed by atoms with Crippen LogP contribution in [0.4, 0.5) is 0 Å². The lowest BCUT2D eigenvalue weighted by atomic mass is 10.1. The summed E-state index contributed by atoms with van der Waals surface area (Å²) >= 11 is 0. The average molecular weight is 219 g/mol. The van der Waals surface area contributed by atoms with E-state index in [0.717, 1.165) is 11.3 Å². The first kappa shape index (κ1) is 10.7. The van der Waals surface area contributed by atoms with Crippen LogP contribution in [0.5, 0.6) is 5.75 Å². The molecule has 0 amide bonds. The van der Waals surface area contributed by atoms with E-state index in [2.05, 4.69) is 5.16 Å². The maximum Gasteiger partial charge on any atom is 0.162 e. The first-order chi connectivity index (χ1) is 7.85. The molecule has 0 unspecified atom stereocenters. The zero-order valence-corrected chi connectivity index (χ0v) is 9.01. The molecule has 4 heteroatoms. The van der Waals surface area contributed by atoms with Gasteiger partial charge in [-0.05, 0) is 19.1 Å². The Balaban J connectivity index is 2.38. The summed E-state index contributed by atoms with van der Waals surface area (Å²) in [6, 6.07) is 9.31. The molecular formula is C12H13NO3. The van der Waals surface area contributed by atoms with Crippen LogP contribution >= 0.6 is 0 Å². The van der Waals surface area contributed by atoms with Crippen molar-refractivity contribution in [1.29, 1.82) is 0 Å². The molecule has 84 valence electrons. The van der Waals surface area contributed by atoms with Crippen molar-refractivity contribution in [2.24, 2.45) is 0 Å². The highest BCUT2D eigenvalue weighted by Crippen LogP contribution is 2.29. The zero-order valence-electron chi connectivity index (χ0n) is 9.01. The summed E-state index contributed by atoms with van der Waals surface area (Å²) in [7, 11) is 0. The number of ether oxygens (including phenoxy) is 1. The van der Waals surface area contributed by atoms with Crippen molar-refractivity contribution in [3.63, 3.8) is 0 Å². The lowest BCUT2D eigenvalue weighted by Crippen LogP contribution is -1.93. The van der Waals surface area contributed by atoms with E-state index in [1.807, 2.05) is 31.2 Å². The van der Waals surface area contributed by atoms with Crippen molar-refractivity contribution >= 4 is 0 Å². The van der Waals surface area contributed by atoms with Crippen molar-refractivity contribution in [3.8, 4) is 17.0 Å². The van der Waals surface area contributed by atoms with E-state index in [0.29, 0.717) is 18.1 Å². The Labute approximate surface area is 93.5 Å². The number of hydrogen-bond acceptors (Lipinski definition) is 4. The molecule has 0 saturated heterocycles. The fraction of sp³-hybridized carbons (Fsp3) is 0.250. The quantitative estimate of drug-likeness (QED) is 0.856. The fourth-order valence-corrected chi connectivity index (χ4v) is 1.47. The van der Waals surface area contributed by atoms with Crippen molar-refractivity contribution in [2.75, 3.05) is 6.61 Å². The summed E-state index contributed by atoms with van der Waals surface area (Å²) in [4.78, 5) is 0. The Bertz CT molecular complexity index is 465. The fourth-order valence-electron chi connectivity index (χ4n) is 1.47. The SMILES string of the molecule is CCOc1ccccc1-c1cc(CO)on1. The Morgan fingerprint density at radius 2 is 2.19 bits per heavy atom. The van der Waals surface area contributed by atoms with Gasteiger partial charge in [-0.3, -0.25) is 0 Å². The molecule has 0 saturated carbocycles. The van der Waals surface area contributed by atoms with Gasteiger partial charge in [-0.1, -0.05) is 17.3 Å². The largest absolute Gasteiger partial charge is 0.493 e. The number of aromatic nitrogens is 1. The molecule has 0 aliphatic heterocycles. The molecule has 0 fully saturated rings. The van der Waals surface area contributed by atoms with Gasteiger partial charge in [0.2, 0.25) is 0 Å². The minimum absolute atomic E-state index is 0.149. The predicted octanol–water partition coefficient (Wildman–Crippen LogP) is 2.23. The molecule has 1 N–H and O–H groups in total. The van der Waals surface area contributed by atoms with Crippen LogP contribution in [-0.4, -0.2) is 16.9 Å². The number of benzene rings is 1. The number of rotatable bonds is 4. The lowest BCUT2D eigenvalue weighted by Gasteiger charge is -2.06. The topological polar surface area (TPSA) is 55.5 Å². The molecule has 1 aromatic carbocycles. The summed E-state index contributed by atoms with van der Waals surface area (Å²) in [5.41, 5.74) is 1.54. The Morgan fingerprint density at radius 3 is 2.88 bits per heavy atom. The van der Waals surface area contributed by atoms with Gasteiger partial charge in [0.25, 0.3) is 0 Å². The van der Waals surface area contributed by atoms with Crippen molar-refractivity contribution < 1.29 is 14.4 Å². The number of aliphatic hydroxyl groups excluding tert-OH is 1. The highest BCUT2D eigenvalue weighted by atomic mass is 16.5. The molecule has 1 heterocycles. The van der Waals surface area contributed by atoms with Crippen LogP contribution < -0.4 is 4.74 Å². The van der Waals surface area contributed by atoms with Crippen molar-refractivity contribution in [3.05, 3.63) is 36.1 Å². The maximum absolute atomic E-state index is 8.91. The lowest BCUT2D eigenvalue weighted by molar-refractivity contribution is 0.229. The third-order valence-electron chi connectivity index (χ3n) is 2.18. The standard InChI is InChI=1S/C12H13NO3/c1-2-15-12-6-4-3-5-10(12)11-7-9(8-14)16-13-11/h3-7,14H,2,8H2,1H3. The summed E-state index contributed by atoms with van der Waals surface area (Å²) < 4.78 is 10.4. The third kappa shape index (κ3) is 2.06. The molecule has 0 radical (unpaired) electrons. The summed E-state index contributed by atoms with van der Waals surface area (Å²) in [5.74, 6) is 1.21. The van der Waals surface area contributed by atoms with E-state index in [4.69, 9.17) is 14.4 Å². The van der Waals surface area contributed by atoms with Crippen molar-refractivity contribution in [1.82, 2.24) is 5.16 Å². The molecule has 0 bridgehead atoms. The van der Waals surface area contributed by atoms with E-state index in [1.165, 1.54) is 0 Å². The molecule has 4 nitrogen and oxygen atoms in total. The molecule has 2 rings (SSSR count). The van der Waals surface area contributed by atoms with Crippen molar-refractivity contribution in [2.45, 2.75) is 13.5 Å². The van der Waals surface area contributed by atoms with Gasteiger partial charge in [0.1, 0.15) is 18.1 Å². The van der Waals surface area contributed by atoms with Crippen LogP contribution in [0, 0.1) is 0 Å². The van der Waals surface area contributed by atoms with Gasteiger partial charge in [0.15, 0.2) is 5.76 Å². The Hall–Kier alpha value is -1.81. The number of para-hydroxylation sites is 1. The maximum atomic E-state index is 8.91. The third-order valence-corrected chi connectivity index (χ3v) is 2.18. The normalized spacial score (nSPS) is 10.4. The van der Waals surface area contributed by atoms with E-state index in [1.54, 1.807) is 6.07 Å². The highest BCUT2D eigenvalue weighted by molar-refractivity contribution is 5.66. The predicted molar refractivity (Wildman–Crippen MR) is 59.0 cm³/mol. The van der Waals surface area contributed by atoms with Crippen LogP contribution in [0.1, 0.15) is 12.7 Å². The van der Waals surface area contributed by atoms with Gasteiger partial charge < -0.3 is 14.4 Å². The minimum Gasteiger partial charge on any atom is -0.493 e. The van der Waals surface area contributed by atoms with Gasteiger partial charge in [-0.25, -0.2) is 0 Å². The second-order valence-electron chi connectivity index (χ2n) is 3.27. The smallest absolute Gasteiger partial charge is 0.162 e. The summed E-state index contributed by atoms with van der Waals surface area (Å²) in [6.45, 7) is 2.38. The molecule has 0 atom stereocenters. The van der Waals surface area contributed by atoms with Gasteiger partial charge in [0.05, 0.1) is 6.61 Å². The van der Waals surface area contributed by atoms with E-state index in [-0.39, 0.29) is 6.61 Å². The van der Waals surface area contributed by atoms with E-state index in [9.17, 15) is 0 Å². The second-order valence-corrected chi connectivity index (χ2v) is 3.27. The second kappa shape index (κ2) is 4.81. The molecule has 0 spiro atoms. The number of aliphatic hydroxyl groups is 1. The minimum atomic E-state index is -0.149. The first-order valence-electron chi connectivity index (χ1n) is 5.13. The van der Waals surface area contributed by atoms with Crippen LogP contribution in [0.15, 0.2) is 34.9 Å². The molecule has 0 aliphatic rings. The van der Waals surface area contributed by atoms with Crippen LogP contribution in [0.25, 0.3) is 11.3 Å². The monoisotopic (exact) mass is 219 g/mol. The summed E-state index contributed by atoms with van der Waals surface area (Å²) in [5, 5.41) is 12.8. The average Bonchev–Trinajstić information content (AvgIpc) is 2.79. The van der Waals surface area contributed by atoms with E-state index < -0.39 is 0 Å². The van der Waals surface area contributed by atoms with Crippen LogP contribution in [0.3, 0.4) is 0 Å². The van der Waals surface area contributed by atoms with Crippen LogP contribution in [0.2, 0.25) is 0 Å². The Kier molecular flexibility index (Phi) is 3.22. The zero-order chi connectivity index (χ0) is 11.4. The molecular weight excluding hydrogens is 206 g/mol. The number of hydrogen-bond donors (Lipinski definition) is 1. The van der Waals surface area contributed by atoms with Gasteiger partial charge in [-0.2, -0.15) is 0 Å². The highest BCUT2D eigenvalue weighted by Gasteiger charge is 2.10. The van der Waals surface area contributed by atoms with E-state index >= 15 is 0 Å². The van der Waals surface area contributed by atoms with Gasteiger partial charge in [0, 0.05) is 11.6 Å². The molecule has 0 aliphatic carbocycles.